The van der Waals surface area contributed by atoms with Crippen molar-refractivity contribution in [2.45, 2.75) is 47.0 Å². The molecule has 0 amide bonds. The number of hydrogen-bond donors (Lipinski definition) is 0. The van der Waals surface area contributed by atoms with Crippen molar-refractivity contribution in [3.8, 4) is 0 Å². The number of ketones is 1. The predicted molar refractivity (Wildman–Crippen MR) is 126 cm³/mol. The first-order valence-corrected chi connectivity index (χ1v) is 12.3. The Hall–Kier alpha value is -1.54. The molecule has 148 valence electrons. The van der Waals surface area contributed by atoms with Crippen LogP contribution in [0.5, 0.6) is 0 Å². The van der Waals surface area contributed by atoms with E-state index in [1.54, 1.807) is 19.1 Å². The van der Waals surface area contributed by atoms with Crippen LogP contribution in [0.25, 0.3) is 0 Å². The van der Waals surface area contributed by atoms with Crippen molar-refractivity contribution in [2.24, 2.45) is 0 Å². The second-order valence-corrected chi connectivity index (χ2v) is 10.6. The summed E-state index contributed by atoms with van der Waals surface area (Å²) in [7, 11) is -0.647. The maximum Gasteiger partial charge on any atom is 0.159 e. The third kappa shape index (κ3) is 14.8. The molecule has 1 nitrogen and oxygen atoms in total. The summed E-state index contributed by atoms with van der Waals surface area (Å²) in [6, 6.07) is 0. The third-order valence-electron chi connectivity index (χ3n) is 3.73. The van der Waals surface area contributed by atoms with Crippen LogP contribution in [-0.2, 0) is 4.79 Å². The van der Waals surface area contributed by atoms with Gasteiger partial charge in [0, 0.05) is 5.57 Å². The van der Waals surface area contributed by atoms with Gasteiger partial charge in [-0.1, -0.05) is 82.5 Å². The molecule has 0 fully saturated rings. The van der Waals surface area contributed by atoms with Crippen LogP contribution in [0, 0.1) is 0 Å². The van der Waals surface area contributed by atoms with Gasteiger partial charge in [0.1, 0.15) is 0 Å². The Balaban J connectivity index is 0. The average molecular weight is 377 g/mol. The maximum absolute atomic E-state index is 11.5. The lowest BCUT2D eigenvalue weighted by atomic mass is 10.1. The summed E-state index contributed by atoms with van der Waals surface area (Å²) in [4.78, 5) is 11.5. The van der Waals surface area contributed by atoms with Gasteiger partial charge in [-0.2, -0.15) is 0 Å². The van der Waals surface area contributed by atoms with Crippen LogP contribution in [-0.4, -0.2) is 29.8 Å². The number of carbonyl (C=O) groups is 1. The van der Waals surface area contributed by atoms with Crippen molar-refractivity contribution in [2.75, 3.05) is 24.0 Å². The number of carbonyl (C=O) groups excluding carboxylic acids is 1. The lowest BCUT2D eigenvalue weighted by Gasteiger charge is -2.29. The third-order valence-corrected chi connectivity index (χ3v) is 6.22. The fraction of sp³-hybridized carbons (Fsp3) is 0.458. The zero-order chi connectivity index (χ0) is 20.4. The second-order valence-electron chi connectivity index (χ2n) is 6.32. The summed E-state index contributed by atoms with van der Waals surface area (Å²) in [6.07, 6.45) is 24.0. The summed E-state index contributed by atoms with van der Waals surface area (Å²) in [6.45, 7) is 15.2. The molecule has 0 radical (unpaired) electrons. The molecule has 0 saturated carbocycles. The second kappa shape index (κ2) is 16.9. The lowest BCUT2D eigenvalue weighted by molar-refractivity contribution is -0.113. The van der Waals surface area contributed by atoms with E-state index in [9.17, 15) is 4.79 Å². The SMILES string of the molecule is C=C/C=C(\C=C/CS(C)(C)CCC/C=C/C=C(\C=C)CC)C(C)=O.CC. The quantitative estimate of drug-likeness (QED) is 0.200. The van der Waals surface area contributed by atoms with Crippen LogP contribution in [0.15, 0.2) is 72.9 Å². The van der Waals surface area contributed by atoms with E-state index in [1.165, 1.54) is 17.7 Å². The minimum Gasteiger partial charge on any atom is -0.295 e. The van der Waals surface area contributed by atoms with E-state index < -0.39 is 10.0 Å². The molecule has 0 spiro atoms. The topological polar surface area (TPSA) is 17.1 Å². The summed E-state index contributed by atoms with van der Waals surface area (Å²) in [5.41, 5.74) is 2.00. The van der Waals surface area contributed by atoms with E-state index in [4.69, 9.17) is 0 Å². The minimum atomic E-state index is -0.647. The molecule has 0 aliphatic rings. The van der Waals surface area contributed by atoms with Gasteiger partial charge < -0.3 is 0 Å². The Morgan fingerprint density at radius 1 is 1.08 bits per heavy atom. The van der Waals surface area contributed by atoms with Gasteiger partial charge in [0.25, 0.3) is 0 Å². The summed E-state index contributed by atoms with van der Waals surface area (Å²) in [5.74, 6) is 2.38. The van der Waals surface area contributed by atoms with Gasteiger partial charge in [-0.15, -0.1) is 0 Å². The van der Waals surface area contributed by atoms with Crippen molar-refractivity contribution in [3.05, 3.63) is 72.9 Å². The van der Waals surface area contributed by atoms with E-state index >= 15 is 0 Å². The molecule has 2 heteroatoms. The van der Waals surface area contributed by atoms with Crippen molar-refractivity contribution in [1.29, 1.82) is 0 Å². The van der Waals surface area contributed by atoms with Crippen LogP contribution in [0.1, 0.15) is 47.0 Å². The van der Waals surface area contributed by atoms with Crippen molar-refractivity contribution < 1.29 is 4.79 Å². The molecule has 0 unspecified atom stereocenters. The highest BCUT2D eigenvalue weighted by Crippen LogP contribution is 2.40. The Morgan fingerprint density at radius 3 is 2.23 bits per heavy atom. The van der Waals surface area contributed by atoms with Crippen LogP contribution in [0.3, 0.4) is 0 Å². The first-order chi connectivity index (χ1) is 12.4. The first-order valence-electron chi connectivity index (χ1n) is 9.53. The molecule has 0 bridgehead atoms. The fourth-order valence-electron chi connectivity index (χ4n) is 2.15. The molecule has 26 heavy (non-hydrogen) atoms. The highest BCUT2D eigenvalue weighted by Gasteiger charge is 2.09. The smallest absolute Gasteiger partial charge is 0.159 e. The summed E-state index contributed by atoms with van der Waals surface area (Å²) < 4.78 is 0. The number of Topliss-reactive ketones (excluding diaryl/α,β-unsaturated/α-hetero) is 1. The summed E-state index contributed by atoms with van der Waals surface area (Å²) in [5, 5.41) is 0. The molecule has 0 aromatic carbocycles. The van der Waals surface area contributed by atoms with Crippen molar-refractivity contribution >= 4 is 15.8 Å². The summed E-state index contributed by atoms with van der Waals surface area (Å²) >= 11 is 0. The number of hydrogen-bond acceptors (Lipinski definition) is 1. The molecule has 0 atom stereocenters. The van der Waals surface area contributed by atoms with Gasteiger partial charge in [0.05, 0.1) is 0 Å². The first kappa shape index (κ1) is 26.7. The van der Waals surface area contributed by atoms with Crippen molar-refractivity contribution in [3.63, 3.8) is 0 Å². The highest BCUT2D eigenvalue weighted by molar-refractivity contribution is 8.32. The van der Waals surface area contributed by atoms with E-state index in [-0.39, 0.29) is 5.78 Å². The minimum absolute atomic E-state index is 0.0862. The Bertz CT molecular complexity index is 530. The molecule has 0 N–H and O–H groups in total. The molecule has 0 aromatic rings. The van der Waals surface area contributed by atoms with Gasteiger partial charge in [-0.3, -0.25) is 4.79 Å². The van der Waals surface area contributed by atoms with Gasteiger partial charge >= 0.3 is 0 Å². The largest absolute Gasteiger partial charge is 0.295 e. The number of allylic oxidation sites excluding steroid dienone is 9. The average Bonchev–Trinajstić information content (AvgIpc) is 2.62. The van der Waals surface area contributed by atoms with E-state index in [0.717, 1.165) is 24.2 Å². The van der Waals surface area contributed by atoms with Gasteiger partial charge in [-0.25, -0.2) is 10.0 Å². The Morgan fingerprint density at radius 2 is 1.73 bits per heavy atom. The van der Waals surface area contributed by atoms with Crippen LogP contribution in [0.4, 0.5) is 0 Å². The molecular formula is C24H40OS. The highest BCUT2D eigenvalue weighted by atomic mass is 32.3. The van der Waals surface area contributed by atoms with Crippen LogP contribution >= 0.6 is 10.0 Å². The Kier molecular flexibility index (Phi) is 17.3. The van der Waals surface area contributed by atoms with Crippen LogP contribution < -0.4 is 0 Å². The predicted octanol–water partition coefficient (Wildman–Crippen LogP) is 7.19. The number of rotatable bonds is 12. The molecular weight excluding hydrogens is 336 g/mol. The van der Waals surface area contributed by atoms with Gasteiger partial charge in [-0.05, 0) is 55.8 Å². The molecule has 0 aliphatic carbocycles. The Labute approximate surface area is 164 Å². The normalized spacial score (nSPS) is 13.5. The van der Waals surface area contributed by atoms with E-state index in [0.29, 0.717) is 0 Å². The van der Waals surface area contributed by atoms with E-state index in [2.05, 4.69) is 56.9 Å². The zero-order valence-electron chi connectivity index (χ0n) is 17.9. The van der Waals surface area contributed by atoms with Crippen molar-refractivity contribution in [1.82, 2.24) is 0 Å². The maximum atomic E-state index is 11.5. The van der Waals surface area contributed by atoms with Gasteiger partial charge in [0.15, 0.2) is 5.78 Å². The van der Waals surface area contributed by atoms with E-state index in [1.807, 2.05) is 26.0 Å². The zero-order valence-corrected chi connectivity index (χ0v) is 18.7. The fourth-order valence-corrected chi connectivity index (χ4v) is 3.88. The molecule has 0 heterocycles. The molecule has 0 aliphatic heterocycles. The molecule has 0 aromatic heterocycles. The van der Waals surface area contributed by atoms with Gasteiger partial charge in [0.2, 0.25) is 0 Å². The molecule has 0 saturated heterocycles. The molecule has 0 rings (SSSR count). The number of unbranched alkanes of at least 4 members (excludes halogenated alkanes) is 1. The lowest BCUT2D eigenvalue weighted by Crippen LogP contribution is -2.04. The van der Waals surface area contributed by atoms with Crippen LogP contribution in [0.2, 0.25) is 0 Å². The standard InChI is InChI=1S/C22H34OS.C2H6/c1-7-15-22(20(4)23)17-14-19-24(5,6)18-13-11-10-12-16-21(8-2)9-3;1-2/h7-8,10,12,14-17H,1-2,9,11,13,18-19H2,3-6H3;1-2H3/b12-10+,17-14-,21-16+,22-15+;. The monoisotopic (exact) mass is 376 g/mol.